The fourth-order valence-electron chi connectivity index (χ4n) is 3.27. The van der Waals surface area contributed by atoms with Crippen LogP contribution in [0, 0.1) is 13.8 Å². The monoisotopic (exact) mass is 354 g/mol. The summed E-state index contributed by atoms with van der Waals surface area (Å²) in [6, 6.07) is 12.3. The summed E-state index contributed by atoms with van der Waals surface area (Å²) in [5.41, 5.74) is 3.70. The topological polar surface area (TPSA) is 60.3 Å². The first kappa shape index (κ1) is 18.2. The third-order valence-corrected chi connectivity index (χ3v) is 4.83. The summed E-state index contributed by atoms with van der Waals surface area (Å²) in [5, 5.41) is 2.83. The second-order valence-corrected chi connectivity index (χ2v) is 6.96. The number of nitrogens with zero attached hydrogens (tertiary/aromatic N) is 1. The molecule has 3 rings (SSSR count). The van der Waals surface area contributed by atoms with Crippen molar-refractivity contribution in [1.82, 2.24) is 9.88 Å². The Morgan fingerprint density at radius 1 is 1.23 bits per heavy atom. The molecule has 1 N–H and O–H groups in total. The van der Waals surface area contributed by atoms with Crippen LogP contribution < -0.4 is 5.32 Å². The molecule has 1 heterocycles. The minimum Gasteiger partial charge on any atom is -0.449 e. The average Bonchev–Trinajstić information content (AvgIpc) is 3.40. The smallest absolute Gasteiger partial charge is 0.340 e. The number of aryl methyl sites for hydroxylation is 1. The van der Waals surface area contributed by atoms with E-state index in [0.29, 0.717) is 18.2 Å². The summed E-state index contributed by atoms with van der Waals surface area (Å²) < 4.78 is 7.58. The number of hydrogen-bond acceptors (Lipinski definition) is 3. The Morgan fingerprint density at radius 3 is 2.58 bits per heavy atom. The first-order valence-corrected chi connectivity index (χ1v) is 9.18. The minimum atomic E-state index is -0.817. The second kappa shape index (κ2) is 7.77. The number of rotatable bonds is 7. The molecule has 1 aromatic heterocycles. The molecule has 5 heteroatoms. The Hall–Kier alpha value is -2.56. The quantitative estimate of drug-likeness (QED) is 0.776. The Kier molecular flexibility index (Phi) is 5.45. The number of carbonyl (C=O) groups excluding carboxylic acids is 2. The molecule has 1 saturated carbocycles. The lowest BCUT2D eigenvalue weighted by Gasteiger charge is -2.14. The van der Waals surface area contributed by atoms with Crippen LogP contribution in [-0.2, 0) is 16.0 Å². The number of amides is 1. The maximum absolute atomic E-state index is 12.5. The predicted molar refractivity (Wildman–Crippen MR) is 100 cm³/mol. The highest BCUT2D eigenvalue weighted by Gasteiger charge is 2.29. The third kappa shape index (κ3) is 4.15. The van der Waals surface area contributed by atoms with E-state index in [0.717, 1.165) is 36.2 Å². The molecule has 0 aliphatic heterocycles. The number of aromatic nitrogens is 1. The first-order valence-electron chi connectivity index (χ1n) is 9.18. The van der Waals surface area contributed by atoms with Gasteiger partial charge in [-0.1, -0.05) is 30.3 Å². The van der Waals surface area contributed by atoms with Crippen LogP contribution in [0.25, 0.3) is 0 Å². The number of nitrogens with one attached hydrogen (secondary N) is 1. The van der Waals surface area contributed by atoms with Crippen molar-refractivity contribution in [3.63, 3.8) is 0 Å². The van der Waals surface area contributed by atoms with Crippen molar-refractivity contribution in [2.45, 2.75) is 52.2 Å². The summed E-state index contributed by atoms with van der Waals surface area (Å²) >= 11 is 0. The van der Waals surface area contributed by atoms with Crippen molar-refractivity contribution in [3.05, 3.63) is 58.9 Å². The number of hydrogen-bond donors (Lipinski definition) is 1. The van der Waals surface area contributed by atoms with Crippen LogP contribution >= 0.6 is 0 Å². The lowest BCUT2D eigenvalue weighted by atomic mass is 10.1. The molecule has 1 aromatic carbocycles. The maximum Gasteiger partial charge on any atom is 0.340 e. The molecule has 0 bridgehead atoms. The largest absolute Gasteiger partial charge is 0.449 e. The van der Waals surface area contributed by atoms with E-state index in [4.69, 9.17) is 4.74 Å². The van der Waals surface area contributed by atoms with E-state index in [-0.39, 0.29) is 5.91 Å². The highest BCUT2D eigenvalue weighted by atomic mass is 16.5. The average molecular weight is 354 g/mol. The molecule has 1 amide bonds. The number of benzene rings is 1. The molecule has 1 fully saturated rings. The molecule has 26 heavy (non-hydrogen) atoms. The van der Waals surface area contributed by atoms with Gasteiger partial charge in [0.05, 0.1) is 5.56 Å². The van der Waals surface area contributed by atoms with Crippen LogP contribution in [0.1, 0.15) is 53.1 Å². The second-order valence-electron chi connectivity index (χ2n) is 6.96. The Labute approximate surface area is 154 Å². The maximum atomic E-state index is 12.5. The molecular formula is C21H26N2O3. The molecule has 0 spiro atoms. The van der Waals surface area contributed by atoms with Gasteiger partial charge in [-0.05, 0) is 51.7 Å². The zero-order chi connectivity index (χ0) is 18.7. The lowest BCUT2D eigenvalue weighted by Crippen LogP contribution is -2.37. The lowest BCUT2D eigenvalue weighted by molar-refractivity contribution is -0.129. The summed E-state index contributed by atoms with van der Waals surface area (Å²) in [4.78, 5) is 24.7. The van der Waals surface area contributed by atoms with Gasteiger partial charge in [0.2, 0.25) is 0 Å². The van der Waals surface area contributed by atoms with Crippen molar-refractivity contribution < 1.29 is 14.3 Å². The van der Waals surface area contributed by atoms with Gasteiger partial charge in [0.25, 0.3) is 5.91 Å². The standard InChI is InChI=1S/C21H26N2O3/c1-14-13-19(15(2)23(14)18-9-10-18)21(25)26-16(3)20(24)22-12-11-17-7-5-4-6-8-17/h4-8,13,16,18H,9-12H2,1-3H3,(H,22,24)/t16-/m0/s1. The van der Waals surface area contributed by atoms with Gasteiger partial charge in [0, 0.05) is 24.0 Å². The number of carbonyl (C=O) groups is 2. The van der Waals surface area contributed by atoms with E-state index >= 15 is 0 Å². The van der Waals surface area contributed by atoms with Gasteiger partial charge in [-0.3, -0.25) is 4.79 Å². The van der Waals surface area contributed by atoms with Crippen molar-refractivity contribution in [3.8, 4) is 0 Å². The first-order chi connectivity index (χ1) is 12.5. The summed E-state index contributed by atoms with van der Waals surface area (Å²) in [6.07, 6.45) is 2.24. The molecule has 0 unspecified atom stereocenters. The van der Waals surface area contributed by atoms with E-state index < -0.39 is 12.1 Å². The van der Waals surface area contributed by atoms with E-state index in [2.05, 4.69) is 9.88 Å². The van der Waals surface area contributed by atoms with Crippen LogP contribution in [0.15, 0.2) is 36.4 Å². The van der Waals surface area contributed by atoms with Crippen LogP contribution in [-0.4, -0.2) is 29.1 Å². The molecule has 138 valence electrons. The number of ether oxygens (including phenoxy) is 1. The third-order valence-electron chi connectivity index (χ3n) is 4.83. The zero-order valence-electron chi connectivity index (χ0n) is 15.6. The van der Waals surface area contributed by atoms with E-state index in [1.54, 1.807) is 6.92 Å². The van der Waals surface area contributed by atoms with E-state index in [1.165, 1.54) is 0 Å². The highest BCUT2D eigenvalue weighted by Crippen LogP contribution is 2.38. The van der Waals surface area contributed by atoms with Gasteiger partial charge in [-0.25, -0.2) is 4.79 Å². The Bertz CT molecular complexity index is 791. The SMILES string of the molecule is Cc1cc(C(=O)O[C@@H](C)C(=O)NCCc2ccccc2)c(C)n1C1CC1. The van der Waals surface area contributed by atoms with Gasteiger partial charge in [-0.15, -0.1) is 0 Å². The molecule has 2 aromatic rings. The van der Waals surface area contributed by atoms with Crippen molar-refractivity contribution in [2.75, 3.05) is 6.54 Å². The van der Waals surface area contributed by atoms with Crippen LogP contribution in [0.5, 0.6) is 0 Å². The van der Waals surface area contributed by atoms with Crippen molar-refractivity contribution in [1.29, 1.82) is 0 Å². The van der Waals surface area contributed by atoms with Gasteiger partial charge >= 0.3 is 5.97 Å². The molecule has 5 nitrogen and oxygen atoms in total. The van der Waals surface area contributed by atoms with Crippen LogP contribution in [0.4, 0.5) is 0 Å². The van der Waals surface area contributed by atoms with Crippen LogP contribution in [0.2, 0.25) is 0 Å². The van der Waals surface area contributed by atoms with Gasteiger partial charge in [-0.2, -0.15) is 0 Å². The Balaban J connectivity index is 1.52. The predicted octanol–water partition coefficient (Wildman–Crippen LogP) is 3.34. The number of esters is 1. The fraction of sp³-hybridized carbons (Fsp3) is 0.429. The molecule has 1 aliphatic rings. The van der Waals surface area contributed by atoms with Gasteiger partial charge in [0.1, 0.15) is 0 Å². The zero-order valence-corrected chi connectivity index (χ0v) is 15.6. The van der Waals surface area contributed by atoms with E-state index in [1.807, 2.05) is 50.2 Å². The molecule has 1 aliphatic carbocycles. The summed E-state index contributed by atoms with van der Waals surface area (Å²) in [7, 11) is 0. The molecule has 1 atom stereocenters. The van der Waals surface area contributed by atoms with Gasteiger partial charge < -0.3 is 14.6 Å². The Morgan fingerprint density at radius 2 is 1.92 bits per heavy atom. The van der Waals surface area contributed by atoms with Crippen molar-refractivity contribution in [2.24, 2.45) is 0 Å². The highest BCUT2D eigenvalue weighted by molar-refractivity contribution is 5.93. The molecule has 0 radical (unpaired) electrons. The van der Waals surface area contributed by atoms with Crippen molar-refractivity contribution >= 4 is 11.9 Å². The minimum absolute atomic E-state index is 0.273. The van der Waals surface area contributed by atoms with Gasteiger partial charge in [0.15, 0.2) is 6.10 Å². The summed E-state index contributed by atoms with van der Waals surface area (Å²) in [5.74, 6) is -0.707. The fourth-order valence-corrected chi connectivity index (χ4v) is 3.27. The molecular weight excluding hydrogens is 328 g/mol. The van der Waals surface area contributed by atoms with E-state index in [9.17, 15) is 9.59 Å². The normalized spacial score (nSPS) is 14.7. The molecule has 0 saturated heterocycles. The summed E-state index contributed by atoms with van der Waals surface area (Å²) in [6.45, 7) is 6.06. The van der Waals surface area contributed by atoms with Crippen LogP contribution in [0.3, 0.4) is 0 Å².